The van der Waals surface area contributed by atoms with Crippen LogP contribution in [0, 0.1) is 0 Å². The van der Waals surface area contributed by atoms with Gasteiger partial charge in [0.25, 0.3) is 11.8 Å². The van der Waals surface area contributed by atoms with Crippen molar-refractivity contribution in [2.45, 2.75) is 19.3 Å². The minimum absolute atomic E-state index is 0.234. The van der Waals surface area contributed by atoms with E-state index in [0.717, 1.165) is 36.1 Å². The first-order valence-electron chi connectivity index (χ1n) is 10.9. The Labute approximate surface area is 182 Å². The minimum Gasteiger partial charge on any atom is -0.361 e. The van der Waals surface area contributed by atoms with Crippen molar-refractivity contribution in [3.8, 4) is 0 Å². The van der Waals surface area contributed by atoms with Crippen molar-refractivity contribution in [1.82, 2.24) is 20.5 Å². The number of amides is 2. The molecular weight excluding hydrogens is 388 g/mol. The van der Waals surface area contributed by atoms with Crippen molar-refractivity contribution in [2.24, 2.45) is 0 Å². The Morgan fingerprint density at radius 3 is 2.52 bits per heavy atom. The van der Waals surface area contributed by atoms with Gasteiger partial charge < -0.3 is 20.5 Å². The van der Waals surface area contributed by atoms with E-state index in [9.17, 15) is 9.59 Å². The number of likely N-dealkylation sites (tertiary alicyclic amines) is 1. The van der Waals surface area contributed by atoms with E-state index in [2.05, 4.69) is 20.5 Å². The maximum absolute atomic E-state index is 13.0. The summed E-state index contributed by atoms with van der Waals surface area (Å²) in [5.74, 6) is -0.593. The number of carbonyl (C=O) groups is 2. The Balaban J connectivity index is 1.51. The molecule has 1 fully saturated rings. The lowest BCUT2D eigenvalue weighted by atomic mass is 10.1. The third kappa shape index (κ3) is 5.41. The number of nitrogens with one attached hydrogen (secondary N) is 3. The second-order valence-corrected chi connectivity index (χ2v) is 7.83. The van der Waals surface area contributed by atoms with Crippen LogP contribution < -0.4 is 10.6 Å². The Morgan fingerprint density at radius 2 is 1.71 bits per heavy atom. The second-order valence-electron chi connectivity index (χ2n) is 7.83. The summed E-state index contributed by atoms with van der Waals surface area (Å²) in [7, 11) is 0. The lowest BCUT2D eigenvalue weighted by molar-refractivity contribution is -0.117. The molecule has 1 saturated heterocycles. The summed E-state index contributed by atoms with van der Waals surface area (Å²) >= 11 is 0. The molecule has 6 nitrogen and oxygen atoms in total. The maximum atomic E-state index is 13.0. The number of piperidine rings is 1. The van der Waals surface area contributed by atoms with Gasteiger partial charge in [-0.1, -0.05) is 42.8 Å². The summed E-state index contributed by atoms with van der Waals surface area (Å²) in [5, 5.41) is 6.78. The number of hydrogen-bond donors (Lipinski definition) is 3. The van der Waals surface area contributed by atoms with E-state index in [1.54, 1.807) is 30.3 Å². The Bertz CT molecular complexity index is 1070. The summed E-state index contributed by atoms with van der Waals surface area (Å²) in [5.41, 5.74) is 2.57. The van der Waals surface area contributed by atoms with Crippen LogP contribution >= 0.6 is 0 Å². The third-order valence-electron chi connectivity index (χ3n) is 5.61. The molecule has 160 valence electrons. The molecular formula is C25H28N4O2. The van der Waals surface area contributed by atoms with Gasteiger partial charge in [-0.15, -0.1) is 0 Å². The molecule has 0 saturated carbocycles. The van der Waals surface area contributed by atoms with Crippen LogP contribution in [0.2, 0.25) is 0 Å². The van der Waals surface area contributed by atoms with Gasteiger partial charge >= 0.3 is 0 Å². The highest BCUT2D eigenvalue weighted by Gasteiger charge is 2.16. The van der Waals surface area contributed by atoms with Crippen molar-refractivity contribution in [1.29, 1.82) is 0 Å². The number of aromatic amines is 1. The van der Waals surface area contributed by atoms with E-state index in [1.807, 2.05) is 36.5 Å². The van der Waals surface area contributed by atoms with Crippen LogP contribution in [0.4, 0.5) is 0 Å². The highest BCUT2D eigenvalue weighted by atomic mass is 16.2. The number of benzene rings is 2. The molecule has 0 aliphatic carbocycles. The molecule has 31 heavy (non-hydrogen) atoms. The average molecular weight is 417 g/mol. The normalized spacial score (nSPS) is 15.0. The highest BCUT2D eigenvalue weighted by Crippen LogP contribution is 2.20. The van der Waals surface area contributed by atoms with Gasteiger partial charge in [-0.3, -0.25) is 9.59 Å². The van der Waals surface area contributed by atoms with Crippen LogP contribution in [0.3, 0.4) is 0 Å². The summed E-state index contributed by atoms with van der Waals surface area (Å²) in [4.78, 5) is 31.3. The summed E-state index contributed by atoms with van der Waals surface area (Å²) in [6.07, 6.45) is 7.29. The van der Waals surface area contributed by atoms with Gasteiger partial charge in [-0.25, -0.2) is 0 Å². The quantitative estimate of drug-likeness (QED) is 0.516. The second kappa shape index (κ2) is 10.1. The molecule has 2 amide bonds. The predicted octanol–water partition coefficient (Wildman–Crippen LogP) is 3.54. The summed E-state index contributed by atoms with van der Waals surface area (Å²) in [6, 6.07) is 16.8. The molecule has 4 rings (SSSR count). The molecule has 2 aromatic carbocycles. The van der Waals surface area contributed by atoms with Crippen LogP contribution in [0.1, 0.15) is 35.2 Å². The van der Waals surface area contributed by atoms with Crippen molar-refractivity contribution in [3.63, 3.8) is 0 Å². The molecule has 6 heteroatoms. The maximum Gasteiger partial charge on any atom is 0.267 e. The smallest absolute Gasteiger partial charge is 0.267 e. The van der Waals surface area contributed by atoms with E-state index in [0.29, 0.717) is 12.1 Å². The number of hydrogen-bond acceptors (Lipinski definition) is 3. The topological polar surface area (TPSA) is 77.2 Å². The lowest BCUT2D eigenvalue weighted by Crippen LogP contribution is -2.40. The van der Waals surface area contributed by atoms with Crippen molar-refractivity contribution in [3.05, 3.63) is 77.6 Å². The zero-order valence-corrected chi connectivity index (χ0v) is 17.6. The van der Waals surface area contributed by atoms with Crippen LogP contribution in [0.15, 0.2) is 66.5 Å². The lowest BCUT2D eigenvalue weighted by Gasteiger charge is -2.26. The number of fused-ring (bicyclic) bond motifs is 1. The zero-order chi connectivity index (χ0) is 21.5. The van der Waals surface area contributed by atoms with Gasteiger partial charge in [0.1, 0.15) is 5.70 Å². The molecule has 0 radical (unpaired) electrons. The first-order chi connectivity index (χ1) is 15.2. The molecule has 1 aliphatic rings. The fraction of sp³-hybridized carbons (Fsp3) is 0.280. The van der Waals surface area contributed by atoms with Crippen molar-refractivity contribution < 1.29 is 9.59 Å². The fourth-order valence-electron chi connectivity index (χ4n) is 3.92. The predicted molar refractivity (Wildman–Crippen MR) is 123 cm³/mol. The standard InChI is InChI=1S/C25H28N4O2/c30-24(19-9-3-1-4-10-19)28-23(17-20-18-27-22-12-6-5-11-21(20)22)25(31)26-13-16-29-14-7-2-8-15-29/h1,3-6,9-12,17-18,27H,2,7-8,13-16H2,(H,26,31)(H,28,30)/b23-17+. The monoisotopic (exact) mass is 416 g/mol. The molecule has 3 N–H and O–H groups in total. The van der Waals surface area contributed by atoms with Gasteiger partial charge in [-0.2, -0.15) is 0 Å². The van der Waals surface area contributed by atoms with Gasteiger partial charge in [-0.05, 0) is 50.2 Å². The van der Waals surface area contributed by atoms with Gasteiger partial charge in [0.15, 0.2) is 0 Å². The van der Waals surface area contributed by atoms with Gasteiger partial charge in [0.05, 0.1) is 0 Å². The summed E-state index contributed by atoms with van der Waals surface area (Å²) < 4.78 is 0. The fourth-order valence-corrected chi connectivity index (χ4v) is 3.92. The molecule has 2 heterocycles. The van der Waals surface area contributed by atoms with E-state index < -0.39 is 0 Å². The third-order valence-corrected chi connectivity index (χ3v) is 5.61. The Kier molecular flexibility index (Phi) is 6.79. The van der Waals surface area contributed by atoms with Crippen LogP contribution in [-0.4, -0.2) is 47.9 Å². The van der Waals surface area contributed by atoms with E-state index >= 15 is 0 Å². The Morgan fingerprint density at radius 1 is 0.968 bits per heavy atom. The number of para-hydroxylation sites is 1. The summed E-state index contributed by atoms with van der Waals surface area (Å²) in [6.45, 7) is 3.53. The molecule has 0 atom stereocenters. The van der Waals surface area contributed by atoms with Crippen LogP contribution in [0.5, 0.6) is 0 Å². The number of rotatable bonds is 7. The van der Waals surface area contributed by atoms with Crippen LogP contribution in [0.25, 0.3) is 17.0 Å². The zero-order valence-electron chi connectivity index (χ0n) is 17.6. The molecule has 3 aromatic rings. The molecule has 1 aliphatic heterocycles. The SMILES string of the molecule is O=C(NCCN1CCCCC1)/C(=C\c1c[nH]c2ccccc12)NC(=O)c1ccccc1. The molecule has 1 aromatic heterocycles. The first-order valence-corrected chi connectivity index (χ1v) is 10.9. The largest absolute Gasteiger partial charge is 0.361 e. The highest BCUT2D eigenvalue weighted by molar-refractivity contribution is 6.06. The average Bonchev–Trinajstić information content (AvgIpc) is 3.22. The van der Waals surface area contributed by atoms with E-state index in [-0.39, 0.29) is 17.5 Å². The number of H-pyrrole nitrogens is 1. The number of nitrogens with zero attached hydrogens (tertiary/aromatic N) is 1. The van der Waals surface area contributed by atoms with Gasteiger partial charge in [0, 0.05) is 41.3 Å². The Hall–Kier alpha value is -3.38. The first kappa shape index (κ1) is 20.9. The van der Waals surface area contributed by atoms with E-state index in [1.165, 1.54) is 19.3 Å². The molecule has 0 spiro atoms. The van der Waals surface area contributed by atoms with E-state index in [4.69, 9.17) is 0 Å². The van der Waals surface area contributed by atoms with Crippen molar-refractivity contribution in [2.75, 3.05) is 26.2 Å². The molecule has 0 bridgehead atoms. The van der Waals surface area contributed by atoms with Gasteiger partial charge in [0.2, 0.25) is 0 Å². The molecule has 0 unspecified atom stereocenters. The number of carbonyl (C=O) groups excluding carboxylic acids is 2. The number of aromatic nitrogens is 1. The minimum atomic E-state index is -0.308. The van der Waals surface area contributed by atoms with Crippen LogP contribution in [-0.2, 0) is 4.79 Å². The van der Waals surface area contributed by atoms with Crippen molar-refractivity contribution >= 4 is 28.8 Å².